The van der Waals surface area contributed by atoms with Gasteiger partial charge in [-0.3, -0.25) is 4.79 Å². The Labute approximate surface area is 151 Å². The minimum Gasteiger partial charge on any atom is -0.457 e. The quantitative estimate of drug-likeness (QED) is 0.672. The van der Waals surface area contributed by atoms with Gasteiger partial charge in [0.05, 0.1) is 5.69 Å². The highest BCUT2D eigenvalue weighted by Crippen LogP contribution is 2.21. The fourth-order valence-corrected chi connectivity index (χ4v) is 3.22. The highest BCUT2D eigenvalue weighted by atomic mass is 19.1. The largest absolute Gasteiger partial charge is 0.457 e. The molecule has 0 unspecified atom stereocenters. The molecule has 1 amide bonds. The van der Waals surface area contributed by atoms with E-state index in [0.717, 1.165) is 11.0 Å². The number of carbonyl (C=O) groups excluding carboxylic acids is 1. The molecule has 4 rings (SSSR count). The van der Waals surface area contributed by atoms with Gasteiger partial charge in [0.1, 0.15) is 17.2 Å². The Morgan fingerprint density at radius 3 is 2.50 bits per heavy atom. The van der Waals surface area contributed by atoms with Crippen LogP contribution in [0.25, 0.3) is 17.0 Å². The second kappa shape index (κ2) is 7.04. The van der Waals surface area contributed by atoms with Crippen molar-refractivity contribution >= 4 is 28.6 Å². The SMILES string of the molecule is O=C(/C=C/c1cc2ccccc2o1)N1CCN(c2ccccc2F)CC1. The fourth-order valence-electron chi connectivity index (χ4n) is 3.22. The number of halogens is 1. The Morgan fingerprint density at radius 1 is 1.00 bits per heavy atom. The summed E-state index contributed by atoms with van der Waals surface area (Å²) in [5.74, 6) is 0.375. The second-order valence-corrected chi connectivity index (χ2v) is 6.28. The van der Waals surface area contributed by atoms with Crippen LogP contribution in [-0.4, -0.2) is 37.0 Å². The molecule has 0 saturated carbocycles. The van der Waals surface area contributed by atoms with Gasteiger partial charge in [0.2, 0.25) is 5.91 Å². The molecule has 0 spiro atoms. The normalized spacial score (nSPS) is 15.1. The van der Waals surface area contributed by atoms with E-state index in [2.05, 4.69) is 0 Å². The van der Waals surface area contributed by atoms with Crippen LogP contribution in [0.15, 0.2) is 65.1 Å². The van der Waals surface area contributed by atoms with Crippen LogP contribution in [0.2, 0.25) is 0 Å². The topological polar surface area (TPSA) is 36.7 Å². The Kier molecular flexibility index (Phi) is 4.44. The summed E-state index contributed by atoms with van der Waals surface area (Å²) in [5, 5.41) is 1.01. The van der Waals surface area contributed by atoms with Crippen molar-refractivity contribution in [3.05, 3.63) is 72.3 Å². The lowest BCUT2D eigenvalue weighted by Gasteiger charge is -2.35. The Morgan fingerprint density at radius 2 is 1.73 bits per heavy atom. The van der Waals surface area contributed by atoms with Crippen molar-refractivity contribution in [1.29, 1.82) is 0 Å². The molecule has 2 aromatic carbocycles. The third-order valence-electron chi connectivity index (χ3n) is 4.62. The first-order valence-corrected chi connectivity index (χ1v) is 8.66. The maximum absolute atomic E-state index is 13.9. The Hall–Kier alpha value is -3.08. The van der Waals surface area contributed by atoms with E-state index in [1.54, 1.807) is 23.1 Å². The summed E-state index contributed by atoms with van der Waals surface area (Å²) in [7, 11) is 0. The molecular weight excluding hydrogens is 331 g/mol. The number of hydrogen-bond acceptors (Lipinski definition) is 3. The van der Waals surface area contributed by atoms with Gasteiger partial charge in [0, 0.05) is 37.6 Å². The average molecular weight is 350 g/mol. The van der Waals surface area contributed by atoms with Gasteiger partial charge in [-0.05, 0) is 30.3 Å². The van der Waals surface area contributed by atoms with Crippen molar-refractivity contribution in [2.75, 3.05) is 31.1 Å². The average Bonchev–Trinajstić information content (AvgIpc) is 3.10. The molecule has 3 aromatic rings. The lowest BCUT2D eigenvalue weighted by Crippen LogP contribution is -2.48. The van der Waals surface area contributed by atoms with E-state index in [1.165, 1.54) is 12.1 Å². The minimum absolute atomic E-state index is 0.0568. The summed E-state index contributed by atoms with van der Waals surface area (Å²) in [6.07, 6.45) is 3.24. The molecule has 4 nitrogen and oxygen atoms in total. The molecule has 0 aliphatic carbocycles. The van der Waals surface area contributed by atoms with Gasteiger partial charge >= 0.3 is 0 Å². The smallest absolute Gasteiger partial charge is 0.246 e. The number of hydrogen-bond donors (Lipinski definition) is 0. The molecule has 1 aliphatic rings. The van der Waals surface area contributed by atoms with Crippen LogP contribution < -0.4 is 4.90 Å². The molecule has 5 heteroatoms. The number of fused-ring (bicyclic) bond motifs is 1. The summed E-state index contributed by atoms with van der Waals surface area (Å²) in [4.78, 5) is 16.2. The van der Waals surface area contributed by atoms with Gasteiger partial charge in [-0.25, -0.2) is 4.39 Å². The molecule has 1 aromatic heterocycles. The van der Waals surface area contributed by atoms with Crippen LogP contribution in [0.5, 0.6) is 0 Å². The van der Waals surface area contributed by atoms with Crippen molar-refractivity contribution < 1.29 is 13.6 Å². The molecule has 0 atom stereocenters. The number of furan rings is 1. The molecule has 1 aliphatic heterocycles. The molecule has 0 radical (unpaired) electrons. The number of para-hydroxylation sites is 2. The van der Waals surface area contributed by atoms with Crippen molar-refractivity contribution in [3.63, 3.8) is 0 Å². The number of carbonyl (C=O) groups is 1. The van der Waals surface area contributed by atoms with Gasteiger partial charge in [-0.15, -0.1) is 0 Å². The maximum atomic E-state index is 13.9. The molecule has 132 valence electrons. The molecule has 2 heterocycles. The van der Waals surface area contributed by atoms with Crippen LogP contribution in [0, 0.1) is 5.82 Å². The zero-order valence-electron chi connectivity index (χ0n) is 14.3. The van der Waals surface area contributed by atoms with E-state index in [4.69, 9.17) is 4.42 Å². The van der Waals surface area contributed by atoms with E-state index in [1.807, 2.05) is 41.3 Å². The number of amides is 1. The third kappa shape index (κ3) is 3.33. The van der Waals surface area contributed by atoms with Crippen molar-refractivity contribution in [2.45, 2.75) is 0 Å². The van der Waals surface area contributed by atoms with Crippen molar-refractivity contribution in [3.8, 4) is 0 Å². The minimum atomic E-state index is -0.225. The first kappa shape index (κ1) is 16.4. The van der Waals surface area contributed by atoms with Crippen LogP contribution in [0.1, 0.15) is 5.76 Å². The molecular formula is C21H19FN2O2. The lowest BCUT2D eigenvalue weighted by atomic mass is 10.2. The van der Waals surface area contributed by atoms with E-state index < -0.39 is 0 Å². The summed E-state index contributed by atoms with van der Waals surface area (Å²) in [6, 6.07) is 16.4. The van der Waals surface area contributed by atoms with Gasteiger partial charge in [-0.1, -0.05) is 30.3 Å². The Bertz CT molecular complexity index is 922. The lowest BCUT2D eigenvalue weighted by molar-refractivity contribution is -0.126. The van der Waals surface area contributed by atoms with Crippen LogP contribution in [-0.2, 0) is 4.79 Å². The highest BCUT2D eigenvalue weighted by Gasteiger charge is 2.21. The van der Waals surface area contributed by atoms with E-state index in [9.17, 15) is 9.18 Å². The number of rotatable bonds is 3. The summed E-state index contributed by atoms with van der Waals surface area (Å²) in [6.45, 7) is 2.37. The predicted molar refractivity (Wildman–Crippen MR) is 100 cm³/mol. The number of anilines is 1. The van der Waals surface area contributed by atoms with Gasteiger partial charge in [0.15, 0.2) is 0 Å². The molecule has 26 heavy (non-hydrogen) atoms. The second-order valence-electron chi connectivity index (χ2n) is 6.28. The first-order chi connectivity index (χ1) is 12.7. The first-order valence-electron chi connectivity index (χ1n) is 8.66. The van der Waals surface area contributed by atoms with Crippen molar-refractivity contribution in [1.82, 2.24) is 4.90 Å². The van der Waals surface area contributed by atoms with Crippen LogP contribution >= 0.6 is 0 Å². The van der Waals surface area contributed by atoms with Crippen molar-refractivity contribution in [2.24, 2.45) is 0 Å². The Balaban J connectivity index is 1.38. The zero-order valence-corrected chi connectivity index (χ0v) is 14.3. The third-order valence-corrected chi connectivity index (χ3v) is 4.62. The summed E-state index contributed by atoms with van der Waals surface area (Å²) in [5.41, 5.74) is 1.40. The van der Waals surface area contributed by atoms with E-state index in [-0.39, 0.29) is 11.7 Å². The van der Waals surface area contributed by atoms with Crippen LogP contribution in [0.4, 0.5) is 10.1 Å². The number of benzene rings is 2. The number of nitrogens with zero attached hydrogens (tertiary/aromatic N) is 2. The monoisotopic (exact) mass is 350 g/mol. The van der Waals surface area contributed by atoms with E-state index >= 15 is 0 Å². The maximum Gasteiger partial charge on any atom is 0.246 e. The molecule has 1 fully saturated rings. The molecule has 0 bridgehead atoms. The van der Waals surface area contributed by atoms with Gasteiger partial charge in [-0.2, -0.15) is 0 Å². The zero-order chi connectivity index (χ0) is 17.9. The van der Waals surface area contributed by atoms with Gasteiger partial charge < -0.3 is 14.2 Å². The standard InChI is InChI=1S/C21H19FN2O2/c22-18-6-2-3-7-19(18)23-11-13-24(14-12-23)21(25)10-9-17-15-16-5-1-4-8-20(16)26-17/h1-10,15H,11-14H2/b10-9+. The predicted octanol–water partition coefficient (Wildman–Crippen LogP) is 3.93. The molecule has 1 saturated heterocycles. The van der Waals surface area contributed by atoms with E-state index in [0.29, 0.717) is 37.6 Å². The highest BCUT2D eigenvalue weighted by molar-refractivity contribution is 5.92. The van der Waals surface area contributed by atoms with Gasteiger partial charge in [0.25, 0.3) is 0 Å². The number of piperazine rings is 1. The summed E-state index contributed by atoms with van der Waals surface area (Å²) < 4.78 is 19.6. The summed E-state index contributed by atoms with van der Waals surface area (Å²) >= 11 is 0. The van der Waals surface area contributed by atoms with Crippen LogP contribution in [0.3, 0.4) is 0 Å². The fraction of sp³-hybridized carbons (Fsp3) is 0.190. The molecule has 0 N–H and O–H groups in total.